The summed E-state index contributed by atoms with van der Waals surface area (Å²) in [6.45, 7) is 0.315. The first-order valence-corrected chi connectivity index (χ1v) is 7.50. The van der Waals surface area contributed by atoms with Gasteiger partial charge in [0.1, 0.15) is 6.04 Å². The van der Waals surface area contributed by atoms with Crippen LogP contribution in [0.3, 0.4) is 0 Å². The van der Waals surface area contributed by atoms with E-state index in [1.165, 1.54) is 0 Å². The maximum atomic E-state index is 12.2. The number of amides is 3. The van der Waals surface area contributed by atoms with Crippen molar-refractivity contribution in [2.24, 2.45) is 0 Å². The molecule has 0 spiro atoms. The number of fused-ring (bicyclic) bond motifs is 1. The van der Waals surface area contributed by atoms with Gasteiger partial charge in [-0.15, -0.1) is 0 Å². The van der Waals surface area contributed by atoms with Crippen molar-refractivity contribution in [3.05, 3.63) is 59.9 Å². The molecule has 1 aromatic carbocycles. The van der Waals surface area contributed by atoms with E-state index in [-0.39, 0.29) is 18.2 Å². The zero-order valence-electron chi connectivity index (χ0n) is 12.8. The van der Waals surface area contributed by atoms with E-state index in [2.05, 4.69) is 20.9 Å². The molecular formula is C17H16N4O3. The predicted molar refractivity (Wildman–Crippen MR) is 87.0 cm³/mol. The molecule has 0 bridgehead atoms. The van der Waals surface area contributed by atoms with Gasteiger partial charge in [0.2, 0.25) is 11.8 Å². The lowest BCUT2D eigenvalue weighted by Crippen LogP contribution is -2.44. The van der Waals surface area contributed by atoms with Gasteiger partial charge < -0.3 is 16.0 Å². The molecular weight excluding hydrogens is 308 g/mol. The van der Waals surface area contributed by atoms with Crippen LogP contribution in [0.2, 0.25) is 0 Å². The molecule has 122 valence electrons. The lowest BCUT2D eigenvalue weighted by Gasteiger charge is -2.14. The SMILES string of the molecule is O=C(CC1NC(=O)c2ccccc2NC1=O)NCc1cccnc1. The van der Waals surface area contributed by atoms with Gasteiger partial charge in [-0.05, 0) is 23.8 Å². The molecule has 0 saturated carbocycles. The number of rotatable bonds is 4. The van der Waals surface area contributed by atoms with E-state index in [9.17, 15) is 14.4 Å². The number of hydrogen-bond donors (Lipinski definition) is 3. The van der Waals surface area contributed by atoms with Crippen LogP contribution in [0.5, 0.6) is 0 Å². The van der Waals surface area contributed by atoms with E-state index in [0.29, 0.717) is 17.8 Å². The zero-order chi connectivity index (χ0) is 16.9. The Hall–Kier alpha value is -3.22. The van der Waals surface area contributed by atoms with Gasteiger partial charge >= 0.3 is 0 Å². The third kappa shape index (κ3) is 3.57. The van der Waals surface area contributed by atoms with Crippen LogP contribution in [0.15, 0.2) is 48.8 Å². The van der Waals surface area contributed by atoms with E-state index in [1.54, 1.807) is 42.7 Å². The second-order valence-corrected chi connectivity index (χ2v) is 5.40. The lowest BCUT2D eigenvalue weighted by atomic mass is 10.1. The number of hydrogen-bond acceptors (Lipinski definition) is 4. The summed E-state index contributed by atoms with van der Waals surface area (Å²) in [5, 5.41) is 7.97. The first kappa shape index (κ1) is 15.7. The van der Waals surface area contributed by atoms with Crippen LogP contribution in [0.1, 0.15) is 22.3 Å². The van der Waals surface area contributed by atoms with Crippen molar-refractivity contribution in [2.75, 3.05) is 5.32 Å². The topological polar surface area (TPSA) is 100 Å². The summed E-state index contributed by atoms with van der Waals surface area (Å²) in [6.07, 6.45) is 3.16. The smallest absolute Gasteiger partial charge is 0.254 e. The van der Waals surface area contributed by atoms with Crippen LogP contribution in [0.25, 0.3) is 0 Å². The van der Waals surface area contributed by atoms with E-state index in [0.717, 1.165) is 5.56 Å². The van der Waals surface area contributed by atoms with Crippen molar-refractivity contribution in [3.8, 4) is 0 Å². The second-order valence-electron chi connectivity index (χ2n) is 5.40. The van der Waals surface area contributed by atoms with Gasteiger partial charge in [-0.3, -0.25) is 19.4 Å². The number of benzene rings is 1. The molecule has 1 aromatic heterocycles. The fourth-order valence-corrected chi connectivity index (χ4v) is 2.42. The van der Waals surface area contributed by atoms with Crippen LogP contribution < -0.4 is 16.0 Å². The third-order valence-corrected chi connectivity index (χ3v) is 3.65. The Kier molecular flexibility index (Phi) is 4.51. The predicted octanol–water partition coefficient (Wildman–Crippen LogP) is 0.839. The van der Waals surface area contributed by atoms with Crippen molar-refractivity contribution >= 4 is 23.4 Å². The van der Waals surface area contributed by atoms with Crippen LogP contribution in [0.4, 0.5) is 5.69 Å². The minimum Gasteiger partial charge on any atom is -0.352 e. The van der Waals surface area contributed by atoms with Crippen molar-refractivity contribution in [3.63, 3.8) is 0 Å². The number of anilines is 1. The maximum absolute atomic E-state index is 12.2. The van der Waals surface area contributed by atoms with Gasteiger partial charge in [-0.2, -0.15) is 0 Å². The molecule has 0 saturated heterocycles. The lowest BCUT2D eigenvalue weighted by molar-refractivity contribution is -0.125. The Morgan fingerprint density at radius 2 is 2.00 bits per heavy atom. The van der Waals surface area contributed by atoms with Gasteiger partial charge in [-0.1, -0.05) is 18.2 Å². The number of nitrogens with zero attached hydrogens (tertiary/aromatic N) is 1. The summed E-state index contributed by atoms with van der Waals surface area (Å²) in [4.78, 5) is 40.4. The van der Waals surface area contributed by atoms with Crippen LogP contribution in [-0.4, -0.2) is 28.7 Å². The molecule has 0 aliphatic carbocycles. The first-order chi connectivity index (χ1) is 11.6. The summed E-state index contributed by atoms with van der Waals surface area (Å²) >= 11 is 0. The highest BCUT2D eigenvalue weighted by Crippen LogP contribution is 2.18. The largest absolute Gasteiger partial charge is 0.352 e. The van der Waals surface area contributed by atoms with Gasteiger partial charge in [0, 0.05) is 18.9 Å². The van der Waals surface area contributed by atoms with Crippen LogP contribution in [0, 0.1) is 0 Å². The number of aromatic nitrogens is 1. The van der Waals surface area contributed by atoms with Gasteiger partial charge in [0.15, 0.2) is 0 Å². The number of carbonyl (C=O) groups is 3. The van der Waals surface area contributed by atoms with E-state index in [1.807, 2.05) is 6.07 Å². The Morgan fingerprint density at radius 1 is 1.17 bits per heavy atom. The van der Waals surface area contributed by atoms with Crippen molar-refractivity contribution < 1.29 is 14.4 Å². The first-order valence-electron chi connectivity index (χ1n) is 7.50. The third-order valence-electron chi connectivity index (χ3n) is 3.65. The molecule has 3 rings (SSSR count). The number of nitrogens with one attached hydrogen (secondary N) is 3. The molecule has 24 heavy (non-hydrogen) atoms. The number of pyridine rings is 1. The highest BCUT2D eigenvalue weighted by atomic mass is 16.2. The van der Waals surface area contributed by atoms with E-state index in [4.69, 9.17) is 0 Å². The molecule has 1 atom stereocenters. The molecule has 2 aromatic rings. The van der Waals surface area contributed by atoms with Crippen molar-refractivity contribution in [2.45, 2.75) is 19.0 Å². The molecule has 3 amide bonds. The Bertz CT molecular complexity index is 776. The van der Waals surface area contributed by atoms with E-state index >= 15 is 0 Å². The number of para-hydroxylation sites is 1. The molecule has 0 radical (unpaired) electrons. The second kappa shape index (κ2) is 6.91. The summed E-state index contributed by atoms with van der Waals surface area (Å²) in [5.41, 5.74) is 1.68. The molecule has 1 aliphatic heterocycles. The van der Waals surface area contributed by atoms with Gasteiger partial charge in [0.05, 0.1) is 17.7 Å². The Morgan fingerprint density at radius 3 is 2.79 bits per heavy atom. The maximum Gasteiger partial charge on any atom is 0.254 e. The molecule has 7 heteroatoms. The van der Waals surface area contributed by atoms with Gasteiger partial charge in [-0.25, -0.2) is 0 Å². The molecule has 1 unspecified atom stereocenters. The molecule has 1 aliphatic rings. The fraction of sp³-hybridized carbons (Fsp3) is 0.176. The quantitative estimate of drug-likeness (QED) is 0.776. The molecule has 0 fully saturated rings. The normalized spacial score (nSPS) is 16.4. The van der Waals surface area contributed by atoms with Crippen molar-refractivity contribution in [1.29, 1.82) is 0 Å². The van der Waals surface area contributed by atoms with Crippen LogP contribution >= 0.6 is 0 Å². The minimum absolute atomic E-state index is 0.133. The summed E-state index contributed by atoms with van der Waals surface area (Å²) < 4.78 is 0. The molecule has 3 N–H and O–H groups in total. The summed E-state index contributed by atoms with van der Waals surface area (Å²) in [6, 6.07) is 9.41. The zero-order valence-corrected chi connectivity index (χ0v) is 12.8. The Balaban J connectivity index is 1.62. The van der Waals surface area contributed by atoms with Gasteiger partial charge in [0.25, 0.3) is 5.91 Å². The average molecular weight is 324 g/mol. The van der Waals surface area contributed by atoms with Crippen molar-refractivity contribution in [1.82, 2.24) is 15.6 Å². The summed E-state index contributed by atoms with van der Waals surface area (Å²) in [5.74, 6) is -1.12. The highest BCUT2D eigenvalue weighted by Gasteiger charge is 2.29. The van der Waals surface area contributed by atoms with Crippen LogP contribution in [-0.2, 0) is 16.1 Å². The van der Waals surface area contributed by atoms with E-state index < -0.39 is 11.9 Å². The molecule has 7 nitrogen and oxygen atoms in total. The Labute approximate surface area is 138 Å². The minimum atomic E-state index is -0.918. The average Bonchev–Trinajstić information content (AvgIpc) is 2.71. The molecule has 2 heterocycles. The highest BCUT2D eigenvalue weighted by molar-refractivity contribution is 6.10. The standard InChI is InChI=1S/C17H16N4O3/c22-15(19-10-11-4-3-7-18-9-11)8-14-17(24)20-13-6-2-1-5-12(13)16(23)21-14/h1-7,9,14H,8,10H2,(H,19,22)(H,20,24)(H,21,23). The number of carbonyl (C=O) groups excluding carboxylic acids is 3. The summed E-state index contributed by atoms with van der Waals surface area (Å²) in [7, 11) is 0. The fourth-order valence-electron chi connectivity index (χ4n) is 2.42. The monoisotopic (exact) mass is 324 g/mol.